The number of amides is 1. The van der Waals surface area contributed by atoms with E-state index >= 15 is 0 Å². The molecule has 3 heterocycles. The average molecular weight is 426 g/mol. The summed E-state index contributed by atoms with van der Waals surface area (Å²) in [7, 11) is 0. The molecule has 0 radical (unpaired) electrons. The highest BCUT2D eigenvalue weighted by Gasteiger charge is 2.57. The van der Waals surface area contributed by atoms with Crippen molar-refractivity contribution in [3.8, 4) is 0 Å². The minimum atomic E-state index is -3.15. The minimum absolute atomic E-state index is 0.0136. The maximum Gasteiger partial charge on any atom is 0.303 e. The monoisotopic (exact) mass is 426 g/mol. The van der Waals surface area contributed by atoms with E-state index in [1.165, 1.54) is 6.92 Å². The van der Waals surface area contributed by atoms with Gasteiger partial charge in [0.15, 0.2) is 0 Å². The van der Waals surface area contributed by atoms with Crippen LogP contribution in [-0.2, 0) is 16.1 Å². The molecule has 7 rings (SSSR count). The number of nitrogens with zero attached hydrogens (tertiary/aromatic N) is 4. The van der Waals surface area contributed by atoms with Gasteiger partial charge in [0.1, 0.15) is 17.5 Å². The van der Waals surface area contributed by atoms with E-state index in [0.717, 1.165) is 56.2 Å². The van der Waals surface area contributed by atoms with Gasteiger partial charge in [-0.2, -0.15) is 8.78 Å². The Hall–Kier alpha value is -2.84. The van der Waals surface area contributed by atoms with Crippen LogP contribution >= 0.6 is 0 Å². The molecule has 1 spiro atoms. The van der Waals surface area contributed by atoms with E-state index in [9.17, 15) is 13.6 Å². The van der Waals surface area contributed by atoms with Crippen molar-refractivity contribution in [2.75, 3.05) is 22.1 Å². The Morgan fingerprint density at radius 1 is 1.19 bits per heavy atom. The first-order valence-electron chi connectivity index (χ1n) is 10.8. The molecule has 4 saturated carbocycles. The summed E-state index contributed by atoms with van der Waals surface area (Å²) in [6.45, 7) is 2.92. The molecule has 9 heteroatoms. The molecule has 1 aliphatic heterocycles. The van der Waals surface area contributed by atoms with Crippen molar-refractivity contribution in [3.05, 3.63) is 29.7 Å². The molecule has 1 amide bonds. The molecule has 2 aromatic heterocycles. The largest absolute Gasteiger partial charge is 0.364 e. The highest BCUT2D eigenvalue weighted by molar-refractivity contribution is 5.89. The third-order valence-electron chi connectivity index (χ3n) is 7.18. The number of halogens is 2. The molecule has 0 unspecified atom stereocenters. The smallest absolute Gasteiger partial charge is 0.303 e. The molecule has 4 aliphatic carbocycles. The van der Waals surface area contributed by atoms with Crippen molar-refractivity contribution in [2.45, 2.75) is 62.8 Å². The zero-order chi connectivity index (χ0) is 21.6. The van der Waals surface area contributed by atoms with E-state index in [4.69, 9.17) is 0 Å². The lowest BCUT2D eigenvalue weighted by Crippen LogP contribution is -2.63. The van der Waals surface area contributed by atoms with Crippen molar-refractivity contribution in [3.63, 3.8) is 0 Å². The molecule has 7 nitrogen and oxygen atoms in total. The summed E-state index contributed by atoms with van der Waals surface area (Å²) in [6.07, 6.45) is 7.07. The fourth-order valence-electron chi connectivity index (χ4n) is 5.32. The van der Waals surface area contributed by atoms with Gasteiger partial charge in [-0.1, -0.05) is 0 Å². The van der Waals surface area contributed by atoms with Crippen molar-refractivity contribution in [2.24, 2.45) is 5.92 Å². The molecular formula is C22H24F2N6O. The standard InChI is InChI=1S/C22H24F2N6O/c1-12(31)26-16-5-15-14(10-25-16)21(3-4-21)11-30(15)18-6-17(27-19(28-18)20(2,23)24)29-22-7-13(8-22)9-22/h5-6,10,13H,3-4,7-9,11H2,1-2H3,(H,25,26,31)(H,27,28,29). The van der Waals surface area contributed by atoms with Gasteiger partial charge < -0.3 is 15.5 Å². The normalized spacial score (nSPS) is 26.7. The number of fused-ring (bicyclic) bond motifs is 2. The summed E-state index contributed by atoms with van der Waals surface area (Å²) < 4.78 is 28.6. The van der Waals surface area contributed by atoms with Crippen LogP contribution in [0.1, 0.15) is 57.3 Å². The lowest BCUT2D eigenvalue weighted by Gasteiger charge is -2.62. The first-order valence-corrected chi connectivity index (χ1v) is 10.8. The van der Waals surface area contributed by atoms with E-state index in [2.05, 4.69) is 25.6 Å². The van der Waals surface area contributed by atoms with Gasteiger partial charge in [-0.25, -0.2) is 15.0 Å². The van der Waals surface area contributed by atoms with Gasteiger partial charge in [0.05, 0.1) is 5.69 Å². The number of carbonyl (C=O) groups excluding carboxylic acids is 1. The topological polar surface area (TPSA) is 83.0 Å². The van der Waals surface area contributed by atoms with Crippen molar-refractivity contribution in [1.82, 2.24) is 15.0 Å². The number of pyridine rings is 1. The summed E-state index contributed by atoms with van der Waals surface area (Å²) in [4.78, 5) is 26.3. The highest BCUT2D eigenvalue weighted by atomic mass is 19.3. The van der Waals surface area contributed by atoms with Gasteiger partial charge in [-0.05, 0) is 38.0 Å². The van der Waals surface area contributed by atoms with Crippen LogP contribution in [0.2, 0.25) is 0 Å². The second kappa shape index (κ2) is 5.89. The number of rotatable bonds is 5. The highest BCUT2D eigenvalue weighted by Crippen LogP contribution is 2.59. The maximum absolute atomic E-state index is 14.3. The van der Waals surface area contributed by atoms with E-state index in [1.807, 2.05) is 11.0 Å². The van der Waals surface area contributed by atoms with Crippen LogP contribution in [0, 0.1) is 5.92 Å². The Balaban J connectivity index is 1.42. The fraction of sp³-hybridized carbons (Fsp3) is 0.545. The van der Waals surface area contributed by atoms with E-state index < -0.39 is 11.7 Å². The Labute approximate surface area is 178 Å². The van der Waals surface area contributed by atoms with E-state index in [-0.39, 0.29) is 16.9 Å². The van der Waals surface area contributed by atoms with E-state index in [0.29, 0.717) is 24.0 Å². The zero-order valence-corrected chi connectivity index (χ0v) is 17.5. The number of hydrogen-bond acceptors (Lipinski definition) is 6. The number of alkyl halides is 2. The third kappa shape index (κ3) is 2.96. The molecule has 162 valence electrons. The summed E-state index contributed by atoms with van der Waals surface area (Å²) in [5.74, 6) is -1.73. The number of hydrogen-bond donors (Lipinski definition) is 2. The molecule has 5 aliphatic rings. The molecule has 4 fully saturated rings. The predicted octanol–water partition coefficient (Wildman–Crippen LogP) is 4.09. The van der Waals surface area contributed by atoms with E-state index in [1.54, 1.807) is 12.3 Å². The molecule has 31 heavy (non-hydrogen) atoms. The van der Waals surface area contributed by atoms with Crippen LogP contribution in [0.3, 0.4) is 0 Å². The summed E-state index contributed by atoms with van der Waals surface area (Å²) in [5, 5.41) is 6.13. The lowest BCUT2D eigenvalue weighted by atomic mass is 9.50. The summed E-state index contributed by atoms with van der Waals surface area (Å²) in [5.41, 5.74) is 1.94. The van der Waals surface area contributed by atoms with Gasteiger partial charge >= 0.3 is 5.92 Å². The Bertz CT molecular complexity index is 1090. The van der Waals surface area contributed by atoms with Gasteiger partial charge in [-0.15, -0.1) is 0 Å². The third-order valence-corrected chi connectivity index (χ3v) is 7.18. The van der Waals surface area contributed by atoms with Crippen molar-refractivity contribution < 1.29 is 13.6 Å². The van der Waals surface area contributed by atoms with Gasteiger partial charge in [0, 0.05) is 55.2 Å². The van der Waals surface area contributed by atoms with Gasteiger partial charge in [-0.3, -0.25) is 4.79 Å². The van der Waals surface area contributed by atoms with Crippen molar-refractivity contribution in [1.29, 1.82) is 0 Å². The lowest BCUT2D eigenvalue weighted by molar-refractivity contribution is -0.114. The van der Waals surface area contributed by atoms with Gasteiger partial charge in [0.2, 0.25) is 11.7 Å². The number of anilines is 4. The molecule has 2 aromatic rings. The van der Waals surface area contributed by atoms with Gasteiger partial charge in [0.25, 0.3) is 0 Å². The Morgan fingerprint density at radius 3 is 2.52 bits per heavy atom. The molecule has 0 saturated heterocycles. The van der Waals surface area contributed by atoms with Crippen LogP contribution in [-0.4, -0.2) is 32.9 Å². The second-order valence-electron chi connectivity index (χ2n) is 9.84. The number of aromatic nitrogens is 3. The van der Waals surface area contributed by atoms with Crippen molar-refractivity contribution >= 4 is 29.0 Å². The molecule has 0 atom stereocenters. The molecule has 2 N–H and O–H groups in total. The van der Waals surface area contributed by atoms with Crippen LogP contribution in [0.25, 0.3) is 0 Å². The maximum atomic E-state index is 14.3. The summed E-state index contributed by atoms with van der Waals surface area (Å²) >= 11 is 0. The molecule has 0 aromatic carbocycles. The Kier molecular flexibility index (Phi) is 3.59. The summed E-state index contributed by atoms with van der Waals surface area (Å²) in [6, 6.07) is 3.59. The quantitative estimate of drug-likeness (QED) is 0.749. The van der Waals surface area contributed by atoms with Crippen LogP contribution in [0.4, 0.5) is 31.9 Å². The molecular weight excluding hydrogens is 402 g/mol. The first kappa shape index (κ1) is 18.9. The number of carbonyl (C=O) groups is 1. The Morgan fingerprint density at radius 2 is 1.94 bits per heavy atom. The van der Waals surface area contributed by atoms with Crippen LogP contribution < -0.4 is 15.5 Å². The first-order chi connectivity index (χ1) is 14.6. The van der Waals surface area contributed by atoms with Crippen LogP contribution in [0.5, 0.6) is 0 Å². The zero-order valence-electron chi connectivity index (χ0n) is 17.5. The average Bonchev–Trinajstić information content (AvgIpc) is 3.33. The number of nitrogens with one attached hydrogen (secondary N) is 2. The minimum Gasteiger partial charge on any atom is -0.364 e. The SMILES string of the molecule is CC(=O)Nc1cc2c(cn1)C1(CC1)CN2c1cc(NC23CC(C2)C3)nc(C(C)(F)F)n1. The second-order valence-corrected chi connectivity index (χ2v) is 9.84. The fourth-order valence-corrected chi connectivity index (χ4v) is 5.32. The molecule has 2 bridgehead atoms. The van der Waals surface area contributed by atoms with Crippen LogP contribution in [0.15, 0.2) is 18.3 Å². The predicted molar refractivity (Wildman–Crippen MR) is 112 cm³/mol.